The van der Waals surface area contributed by atoms with E-state index in [0.717, 1.165) is 24.6 Å². The highest BCUT2D eigenvalue weighted by Gasteiger charge is 2.21. The number of aryl methyl sites for hydroxylation is 1. The van der Waals surface area contributed by atoms with E-state index >= 15 is 0 Å². The smallest absolute Gasteiger partial charge is 0.109 e. The van der Waals surface area contributed by atoms with Crippen molar-refractivity contribution in [3.8, 4) is 0 Å². The number of aromatic nitrogens is 1. The van der Waals surface area contributed by atoms with Gasteiger partial charge in [-0.3, -0.25) is 0 Å². The molecule has 1 aromatic heterocycles. The predicted octanol–water partition coefficient (Wildman–Crippen LogP) is 3.42. The maximum Gasteiger partial charge on any atom is 0.109 e. The maximum absolute atomic E-state index is 5.92. The number of hydrogen-bond acceptors (Lipinski definition) is 4. The predicted molar refractivity (Wildman–Crippen MR) is 82.1 cm³/mol. The molecule has 106 valence electrons. The summed E-state index contributed by atoms with van der Waals surface area (Å²) in [6.45, 7) is 5.90. The number of benzene rings is 1. The summed E-state index contributed by atoms with van der Waals surface area (Å²) in [5.41, 5.74) is 2.75. The summed E-state index contributed by atoms with van der Waals surface area (Å²) in [6, 6.07) is 8.85. The van der Waals surface area contributed by atoms with Gasteiger partial charge in [-0.15, -0.1) is 11.3 Å². The largest absolute Gasteiger partial charge is 0.372 e. The van der Waals surface area contributed by atoms with E-state index in [9.17, 15) is 0 Å². The average Bonchev–Trinajstić information content (AvgIpc) is 2.91. The Balaban J connectivity index is 1.65. The second-order valence-corrected chi connectivity index (χ2v) is 6.51. The molecular weight excluding hydrogens is 268 g/mol. The fourth-order valence-corrected chi connectivity index (χ4v) is 3.39. The molecule has 3 rings (SSSR count). The summed E-state index contributed by atoms with van der Waals surface area (Å²) in [4.78, 5) is 5.70. The highest BCUT2D eigenvalue weighted by Crippen LogP contribution is 2.27. The van der Waals surface area contributed by atoms with Gasteiger partial charge in [0.1, 0.15) is 5.01 Å². The molecule has 2 unspecified atom stereocenters. The Hall–Kier alpha value is -1.23. The molecule has 20 heavy (non-hydrogen) atoms. The van der Waals surface area contributed by atoms with Crippen LogP contribution in [-0.4, -0.2) is 18.1 Å². The quantitative estimate of drug-likeness (QED) is 0.936. The van der Waals surface area contributed by atoms with E-state index in [1.54, 1.807) is 11.3 Å². The van der Waals surface area contributed by atoms with Crippen LogP contribution in [0.15, 0.2) is 30.5 Å². The summed E-state index contributed by atoms with van der Waals surface area (Å²) in [6.07, 6.45) is 3.11. The Morgan fingerprint density at radius 2 is 2.30 bits per heavy atom. The molecular formula is C16H20N2OS. The summed E-state index contributed by atoms with van der Waals surface area (Å²) in [5, 5.41) is 4.69. The summed E-state index contributed by atoms with van der Waals surface area (Å²) in [7, 11) is 0. The molecule has 3 nitrogen and oxygen atoms in total. The second-order valence-electron chi connectivity index (χ2n) is 5.25. The van der Waals surface area contributed by atoms with Crippen LogP contribution in [0, 0.1) is 6.92 Å². The van der Waals surface area contributed by atoms with Crippen LogP contribution < -0.4 is 5.32 Å². The third kappa shape index (κ3) is 2.92. The zero-order chi connectivity index (χ0) is 13.9. The lowest BCUT2D eigenvalue weighted by Gasteiger charge is -2.27. The van der Waals surface area contributed by atoms with E-state index in [1.807, 2.05) is 6.20 Å². The highest BCUT2D eigenvalue weighted by molar-refractivity contribution is 7.11. The Morgan fingerprint density at radius 3 is 3.10 bits per heavy atom. The van der Waals surface area contributed by atoms with Crippen molar-refractivity contribution in [1.82, 2.24) is 10.3 Å². The van der Waals surface area contributed by atoms with Gasteiger partial charge in [0.15, 0.2) is 0 Å². The fraction of sp³-hybridized carbons (Fsp3) is 0.438. The SMILES string of the molecule is Cc1cnc(C(C)NCC2OCCc3ccccc32)s1. The molecule has 0 aliphatic carbocycles. The number of rotatable bonds is 4. The Bertz CT molecular complexity index is 581. The fourth-order valence-electron chi connectivity index (χ4n) is 2.59. The van der Waals surface area contributed by atoms with Gasteiger partial charge in [0.05, 0.1) is 18.8 Å². The number of ether oxygens (including phenoxy) is 1. The summed E-state index contributed by atoms with van der Waals surface area (Å²) in [5.74, 6) is 0. The number of nitrogens with one attached hydrogen (secondary N) is 1. The van der Waals surface area contributed by atoms with Crippen molar-refractivity contribution in [3.05, 3.63) is 51.5 Å². The molecule has 0 bridgehead atoms. The Labute approximate surface area is 124 Å². The number of fused-ring (bicyclic) bond motifs is 1. The summed E-state index contributed by atoms with van der Waals surface area (Å²) >= 11 is 1.75. The van der Waals surface area contributed by atoms with Gasteiger partial charge >= 0.3 is 0 Å². The second kappa shape index (κ2) is 6.04. The molecule has 2 heterocycles. The average molecular weight is 288 g/mol. The lowest BCUT2D eigenvalue weighted by molar-refractivity contribution is 0.0409. The number of thiazole rings is 1. The van der Waals surface area contributed by atoms with Crippen LogP contribution in [0.4, 0.5) is 0 Å². The van der Waals surface area contributed by atoms with Crippen molar-refractivity contribution < 1.29 is 4.74 Å². The van der Waals surface area contributed by atoms with Crippen LogP contribution in [-0.2, 0) is 11.2 Å². The number of nitrogens with zero attached hydrogens (tertiary/aromatic N) is 1. The van der Waals surface area contributed by atoms with E-state index in [4.69, 9.17) is 4.74 Å². The molecule has 0 saturated heterocycles. The van der Waals surface area contributed by atoms with Crippen LogP contribution in [0.5, 0.6) is 0 Å². The first kappa shape index (κ1) is 13.7. The van der Waals surface area contributed by atoms with E-state index in [0.29, 0.717) is 0 Å². The minimum atomic E-state index is 0.156. The Kier molecular flexibility index (Phi) is 4.15. The zero-order valence-corrected chi connectivity index (χ0v) is 12.7. The van der Waals surface area contributed by atoms with Gasteiger partial charge in [-0.25, -0.2) is 4.98 Å². The van der Waals surface area contributed by atoms with Crippen molar-refractivity contribution in [2.45, 2.75) is 32.4 Å². The van der Waals surface area contributed by atoms with E-state index in [2.05, 4.69) is 48.4 Å². The normalized spacial score (nSPS) is 19.6. The lowest BCUT2D eigenvalue weighted by atomic mass is 9.97. The lowest BCUT2D eigenvalue weighted by Crippen LogP contribution is -2.29. The van der Waals surface area contributed by atoms with Gasteiger partial charge in [-0.1, -0.05) is 24.3 Å². The van der Waals surface area contributed by atoms with Crippen molar-refractivity contribution in [2.75, 3.05) is 13.2 Å². The molecule has 0 fully saturated rings. The van der Waals surface area contributed by atoms with E-state index in [-0.39, 0.29) is 12.1 Å². The molecule has 1 aliphatic heterocycles. The van der Waals surface area contributed by atoms with Crippen LogP contribution >= 0.6 is 11.3 Å². The number of hydrogen-bond donors (Lipinski definition) is 1. The van der Waals surface area contributed by atoms with Gasteiger partial charge in [0.25, 0.3) is 0 Å². The van der Waals surface area contributed by atoms with Crippen molar-refractivity contribution in [3.63, 3.8) is 0 Å². The summed E-state index contributed by atoms with van der Waals surface area (Å²) < 4.78 is 5.92. The first-order chi connectivity index (χ1) is 9.74. The molecule has 0 spiro atoms. The van der Waals surface area contributed by atoms with Crippen LogP contribution in [0.1, 0.15) is 40.1 Å². The van der Waals surface area contributed by atoms with Crippen molar-refractivity contribution >= 4 is 11.3 Å². The van der Waals surface area contributed by atoms with Gasteiger partial charge in [0, 0.05) is 17.6 Å². The van der Waals surface area contributed by atoms with Gasteiger partial charge in [-0.05, 0) is 31.4 Å². The Morgan fingerprint density at radius 1 is 1.45 bits per heavy atom. The molecule has 0 amide bonds. The molecule has 0 radical (unpaired) electrons. The first-order valence-electron chi connectivity index (χ1n) is 7.09. The standard InChI is InChI=1S/C16H20N2OS/c1-11-9-18-16(20-11)12(2)17-10-15-14-6-4-3-5-13(14)7-8-19-15/h3-6,9,12,15,17H,7-8,10H2,1-2H3. The molecule has 2 aromatic rings. The molecule has 0 saturated carbocycles. The topological polar surface area (TPSA) is 34.2 Å². The van der Waals surface area contributed by atoms with Crippen molar-refractivity contribution in [2.24, 2.45) is 0 Å². The van der Waals surface area contributed by atoms with Gasteiger partial charge < -0.3 is 10.1 Å². The van der Waals surface area contributed by atoms with E-state index in [1.165, 1.54) is 16.0 Å². The molecule has 4 heteroatoms. The van der Waals surface area contributed by atoms with Gasteiger partial charge in [-0.2, -0.15) is 0 Å². The minimum Gasteiger partial charge on any atom is -0.372 e. The minimum absolute atomic E-state index is 0.156. The molecule has 1 aromatic carbocycles. The zero-order valence-electron chi connectivity index (χ0n) is 11.9. The van der Waals surface area contributed by atoms with Gasteiger partial charge in [0.2, 0.25) is 0 Å². The molecule has 1 N–H and O–H groups in total. The third-order valence-corrected chi connectivity index (χ3v) is 4.81. The van der Waals surface area contributed by atoms with Crippen LogP contribution in [0.3, 0.4) is 0 Å². The highest BCUT2D eigenvalue weighted by atomic mass is 32.1. The molecule has 1 aliphatic rings. The van der Waals surface area contributed by atoms with E-state index < -0.39 is 0 Å². The van der Waals surface area contributed by atoms with Crippen molar-refractivity contribution in [1.29, 1.82) is 0 Å². The molecule has 2 atom stereocenters. The maximum atomic E-state index is 5.92. The van der Waals surface area contributed by atoms with Crippen LogP contribution in [0.25, 0.3) is 0 Å². The first-order valence-corrected chi connectivity index (χ1v) is 7.91. The third-order valence-electron chi connectivity index (χ3n) is 3.71. The van der Waals surface area contributed by atoms with Crippen LogP contribution in [0.2, 0.25) is 0 Å². The monoisotopic (exact) mass is 288 g/mol.